The molecule has 0 radical (unpaired) electrons. The van der Waals surface area contributed by atoms with Gasteiger partial charge in [-0.05, 0) is 13.8 Å². The zero-order chi connectivity index (χ0) is 14.6. The highest BCUT2D eigenvalue weighted by Crippen LogP contribution is 2.45. The molecule has 3 heteroatoms. The van der Waals surface area contributed by atoms with E-state index in [4.69, 9.17) is 0 Å². The lowest BCUT2D eigenvalue weighted by Crippen LogP contribution is -2.21. The summed E-state index contributed by atoms with van der Waals surface area (Å²) in [6.45, 7) is 4.14. The summed E-state index contributed by atoms with van der Waals surface area (Å²) in [6.07, 6.45) is 0.821. The molecule has 0 amide bonds. The van der Waals surface area contributed by atoms with Gasteiger partial charge in [-0.1, -0.05) is 80.2 Å². The van der Waals surface area contributed by atoms with Crippen molar-refractivity contribution in [3.05, 3.63) is 70.8 Å². The summed E-state index contributed by atoms with van der Waals surface area (Å²) < 4.78 is 12.1. The molecular weight excluding hydrogens is 331 g/mol. The first-order valence-corrected chi connectivity index (χ1v) is 8.75. The highest BCUT2D eigenvalue weighted by molar-refractivity contribution is 9.09. The van der Waals surface area contributed by atoms with Gasteiger partial charge in [0.2, 0.25) is 5.16 Å². The van der Waals surface area contributed by atoms with E-state index in [1.165, 1.54) is 11.1 Å². The lowest BCUT2D eigenvalue weighted by Gasteiger charge is -2.21. The van der Waals surface area contributed by atoms with Gasteiger partial charge >= 0.3 is 8.46 Å². The van der Waals surface area contributed by atoms with Gasteiger partial charge in [0.25, 0.3) is 0 Å². The lowest BCUT2D eigenvalue weighted by atomic mass is 9.87. The molecule has 0 aromatic heterocycles. The Morgan fingerprint density at radius 3 is 1.60 bits per heavy atom. The monoisotopic (exact) mass is 349 g/mol. The molecule has 20 heavy (non-hydrogen) atoms. The van der Waals surface area contributed by atoms with Crippen molar-refractivity contribution in [1.82, 2.24) is 0 Å². The van der Waals surface area contributed by atoms with Crippen molar-refractivity contribution in [3.8, 4) is 0 Å². The van der Waals surface area contributed by atoms with Crippen LogP contribution in [0.4, 0.5) is 0 Å². The number of halogens is 1. The summed E-state index contributed by atoms with van der Waals surface area (Å²) in [6, 6.07) is 16.8. The van der Waals surface area contributed by atoms with Gasteiger partial charge in [-0.25, -0.2) is 0 Å². The largest absolute Gasteiger partial charge is 0.340 e. The predicted octanol–water partition coefficient (Wildman–Crippen LogP) is 5.36. The molecule has 0 heterocycles. The first-order valence-electron chi connectivity index (χ1n) is 6.72. The number of hydrogen-bond acceptors (Lipinski definition) is 1. The molecule has 1 nitrogen and oxygen atoms in total. The molecule has 0 N–H and O–H groups in total. The Morgan fingerprint density at radius 2 is 1.30 bits per heavy atom. The lowest BCUT2D eigenvalue weighted by molar-refractivity contribution is 0.570. The van der Waals surface area contributed by atoms with Crippen LogP contribution in [-0.2, 0) is 9.72 Å². The summed E-state index contributed by atoms with van der Waals surface area (Å²) in [5.74, 6) is 0. The number of aryl methyl sites for hydroxylation is 2. The molecule has 0 fully saturated rings. The SMILES string of the molecule is Cc1ccc(C(CCBr)([PH+]=O)c2ccc(C)cc2)cc1. The third-order valence-electron chi connectivity index (χ3n) is 3.73. The van der Waals surface area contributed by atoms with Crippen molar-refractivity contribution in [2.75, 3.05) is 5.33 Å². The van der Waals surface area contributed by atoms with Gasteiger partial charge < -0.3 is 0 Å². The Hall–Kier alpha value is -0.980. The second-order valence-corrected chi connectivity index (χ2v) is 7.03. The van der Waals surface area contributed by atoms with E-state index < -0.39 is 13.6 Å². The third kappa shape index (κ3) is 3.02. The molecule has 2 rings (SSSR count). The van der Waals surface area contributed by atoms with E-state index in [-0.39, 0.29) is 0 Å². The van der Waals surface area contributed by atoms with Crippen molar-refractivity contribution in [2.45, 2.75) is 25.4 Å². The summed E-state index contributed by atoms with van der Waals surface area (Å²) >= 11 is 3.52. The fourth-order valence-electron chi connectivity index (χ4n) is 2.44. The van der Waals surface area contributed by atoms with Crippen LogP contribution in [0.1, 0.15) is 28.7 Å². The Kier molecular flexibility index (Phi) is 5.12. The van der Waals surface area contributed by atoms with Gasteiger partial charge in [0.15, 0.2) is 0 Å². The van der Waals surface area contributed by atoms with Crippen molar-refractivity contribution >= 4 is 24.4 Å². The molecule has 2 aromatic rings. The quantitative estimate of drug-likeness (QED) is 0.524. The average Bonchev–Trinajstić information content (AvgIpc) is 2.47. The molecule has 0 saturated heterocycles. The van der Waals surface area contributed by atoms with E-state index in [0.29, 0.717) is 0 Å². The summed E-state index contributed by atoms with van der Waals surface area (Å²) in [4.78, 5) is 0. The molecule has 0 aliphatic heterocycles. The first kappa shape index (κ1) is 15.4. The van der Waals surface area contributed by atoms with Crippen LogP contribution in [0.25, 0.3) is 0 Å². The predicted molar refractivity (Wildman–Crippen MR) is 90.6 cm³/mol. The molecular formula is C17H19BrOP+. The summed E-state index contributed by atoms with van der Waals surface area (Å²) in [7, 11) is -0.406. The van der Waals surface area contributed by atoms with Gasteiger partial charge in [-0.2, -0.15) is 0 Å². The van der Waals surface area contributed by atoms with Crippen LogP contribution in [0, 0.1) is 13.8 Å². The highest BCUT2D eigenvalue weighted by atomic mass is 79.9. The minimum atomic E-state index is -0.412. The summed E-state index contributed by atoms with van der Waals surface area (Å²) in [5.41, 5.74) is 4.69. The molecule has 1 atom stereocenters. The first-order chi connectivity index (χ1) is 9.62. The molecule has 0 saturated carbocycles. The summed E-state index contributed by atoms with van der Waals surface area (Å²) in [5, 5.41) is 0.412. The molecule has 0 spiro atoms. The number of alkyl halides is 1. The molecule has 1 unspecified atom stereocenters. The highest BCUT2D eigenvalue weighted by Gasteiger charge is 2.42. The Labute approximate surface area is 130 Å². The maximum Gasteiger partial charge on any atom is 0.340 e. The van der Waals surface area contributed by atoms with Crippen LogP contribution in [-0.4, -0.2) is 5.33 Å². The zero-order valence-corrected chi connectivity index (χ0v) is 14.4. The number of rotatable bonds is 5. The number of hydrogen-bond donors (Lipinski definition) is 0. The van der Waals surface area contributed by atoms with Crippen LogP contribution in [0.15, 0.2) is 48.5 Å². The molecule has 0 bridgehead atoms. The van der Waals surface area contributed by atoms with E-state index in [0.717, 1.165) is 22.9 Å². The van der Waals surface area contributed by atoms with Crippen molar-refractivity contribution in [2.24, 2.45) is 0 Å². The second kappa shape index (κ2) is 6.65. The van der Waals surface area contributed by atoms with E-state index >= 15 is 0 Å². The maximum atomic E-state index is 12.1. The van der Waals surface area contributed by atoms with E-state index in [9.17, 15) is 4.57 Å². The Balaban J connectivity index is 2.57. The molecule has 0 aliphatic carbocycles. The van der Waals surface area contributed by atoms with Crippen LogP contribution in [0.3, 0.4) is 0 Å². The minimum absolute atomic E-state index is 0.406. The van der Waals surface area contributed by atoms with Crippen LogP contribution < -0.4 is 0 Å². The van der Waals surface area contributed by atoms with E-state index in [1.54, 1.807) is 0 Å². The fraction of sp³-hybridized carbons (Fsp3) is 0.294. The van der Waals surface area contributed by atoms with E-state index in [2.05, 4.69) is 78.3 Å². The van der Waals surface area contributed by atoms with Gasteiger partial charge in [0.1, 0.15) is 0 Å². The molecule has 2 aromatic carbocycles. The zero-order valence-electron chi connectivity index (χ0n) is 11.8. The molecule has 104 valence electrons. The number of benzene rings is 2. The smallest absolute Gasteiger partial charge is 0.0926 e. The topological polar surface area (TPSA) is 17.1 Å². The fourth-order valence-corrected chi connectivity index (χ4v) is 4.20. The van der Waals surface area contributed by atoms with Gasteiger partial charge in [-0.15, -0.1) is 0 Å². The Morgan fingerprint density at radius 1 is 0.900 bits per heavy atom. The van der Waals surface area contributed by atoms with Crippen molar-refractivity contribution in [1.29, 1.82) is 0 Å². The van der Waals surface area contributed by atoms with Gasteiger partial charge in [-0.3, -0.25) is 0 Å². The van der Waals surface area contributed by atoms with Crippen LogP contribution in [0.2, 0.25) is 0 Å². The molecule has 0 aliphatic rings. The van der Waals surface area contributed by atoms with E-state index in [1.807, 2.05) is 0 Å². The Bertz CT molecular complexity index is 529. The van der Waals surface area contributed by atoms with Crippen molar-refractivity contribution < 1.29 is 4.57 Å². The van der Waals surface area contributed by atoms with Gasteiger partial charge in [0, 0.05) is 22.9 Å². The third-order valence-corrected chi connectivity index (χ3v) is 5.30. The normalized spacial score (nSPS) is 11.8. The maximum absolute atomic E-state index is 12.1. The van der Waals surface area contributed by atoms with Crippen LogP contribution in [0.5, 0.6) is 0 Å². The minimum Gasteiger partial charge on any atom is -0.0926 e. The van der Waals surface area contributed by atoms with Gasteiger partial charge in [0.05, 0.1) is 0 Å². The van der Waals surface area contributed by atoms with Crippen LogP contribution >= 0.6 is 24.4 Å². The van der Waals surface area contributed by atoms with Crippen molar-refractivity contribution in [3.63, 3.8) is 0 Å². The average molecular weight is 350 g/mol. The second-order valence-electron chi connectivity index (χ2n) is 5.18. The standard InChI is InChI=1S/C17H18BrOP/c1-13-3-7-15(8-4-13)17(20-19,11-12-18)16-9-5-14(2)6-10-16/h3-10H,11-12H2,1-2H3/p+1.